The minimum Gasteiger partial charge on any atom is -0.0764 e. The van der Waals surface area contributed by atoms with Gasteiger partial charge in [-0.05, 0) is 39.5 Å². The molecule has 1 rings (SSSR count). The molecule has 0 aromatic carbocycles. The van der Waals surface area contributed by atoms with Crippen LogP contribution in [0.1, 0.15) is 46.5 Å². The Morgan fingerprint density at radius 1 is 1.00 bits per heavy atom. The summed E-state index contributed by atoms with van der Waals surface area (Å²) < 4.78 is 0. The van der Waals surface area contributed by atoms with Crippen molar-refractivity contribution in [1.82, 2.24) is 0 Å². The summed E-state index contributed by atoms with van der Waals surface area (Å²) in [6.07, 6.45) is 10.2. The van der Waals surface area contributed by atoms with E-state index in [0.717, 1.165) is 5.92 Å². The maximum absolute atomic E-state index is 2.30. The highest BCUT2D eigenvalue weighted by Crippen LogP contribution is 2.30. The summed E-state index contributed by atoms with van der Waals surface area (Å²) in [4.78, 5) is 0. The van der Waals surface area contributed by atoms with E-state index in [-0.39, 0.29) is 0 Å². The Hall–Kier alpha value is -0.520. The second-order valence-electron chi connectivity index (χ2n) is 4.14. The minimum atomic E-state index is 0.889. The van der Waals surface area contributed by atoms with Crippen LogP contribution in [0.3, 0.4) is 0 Å². The molecule has 0 N–H and O–H groups in total. The van der Waals surface area contributed by atoms with Gasteiger partial charge in [-0.3, -0.25) is 0 Å². The summed E-state index contributed by atoms with van der Waals surface area (Å²) in [7, 11) is 0. The summed E-state index contributed by atoms with van der Waals surface area (Å²) in [5.41, 5.74) is 2.97. The van der Waals surface area contributed by atoms with Crippen molar-refractivity contribution in [2.45, 2.75) is 46.5 Å². The standard InChI is InChI=1S/C12H20/c1-10(2)8-9-11(3)12-6-4-5-7-12/h8-9,12H,4-7H2,1-3H3/b11-9-. The third-order valence-electron chi connectivity index (χ3n) is 2.68. The predicted molar refractivity (Wildman–Crippen MR) is 55.1 cm³/mol. The van der Waals surface area contributed by atoms with E-state index in [1.807, 2.05) is 0 Å². The highest BCUT2D eigenvalue weighted by Gasteiger charge is 2.15. The van der Waals surface area contributed by atoms with Crippen molar-refractivity contribution in [3.8, 4) is 0 Å². The van der Waals surface area contributed by atoms with Crippen molar-refractivity contribution in [2.75, 3.05) is 0 Å². The highest BCUT2D eigenvalue weighted by molar-refractivity contribution is 5.16. The molecule has 1 fully saturated rings. The fourth-order valence-electron chi connectivity index (χ4n) is 1.82. The number of rotatable bonds is 2. The van der Waals surface area contributed by atoms with E-state index in [2.05, 4.69) is 32.9 Å². The van der Waals surface area contributed by atoms with E-state index in [4.69, 9.17) is 0 Å². The second kappa shape index (κ2) is 4.49. The van der Waals surface area contributed by atoms with Gasteiger partial charge in [-0.15, -0.1) is 0 Å². The summed E-state index contributed by atoms with van der Waals surface area (Å²) in [5, 5.41) is 0. The van der Waals surface area contributed by atoms with Gasteiger partial charge >= 0.3 is 0 Å². The Labute approximate surface area is 76.4 Å². The Kier molecular flexibility index (Phi) is 3.58. The summed E-state index contributed by atoms with van der Waals surface area (Å²) in [6.45, 7) is 6.58. The van der Waals surface area contributed by atoms with Gasteiger partial charge in [0.1, 0.15) is 0 Å². The average molecular weight is 164 g/mol. The van der Waals surface area contributed by atoms with Gasteiger partial charge in [-0.25, -0.2) is 0 Å². The van der Waals surface area contributed by atoms with Crippen LogP contribution in [0.15, 0.2) is 23.3 Å². The van der Waals surface area contributed by atoms with Crippen LogP contribution in [-0.2, 0) is 0 Å². The first-order valence-corrected chi connectivity index (χ1v) is 5.02. The molecular formula is C12H20. The second-order valence-corrected chi connectivity index (χ2v) is 4.14. The molecule has 0 atom stereocenters. The van der Waals surface area contributed by atoms with E-state index in [1.54, 1.807) is 5.57 Å². The van der Waals surface area contributed by atoms with Crippen LogP contribution in [0, 0.1) is 5.92 Å². The van der Waals surface area contributed by atoms with E-state index in [0.29, 0.717) is 0 Å². The molecule has 0 saturated heterocycles. The first-order valence-electron chi connectivity index (χ1n) is 5.02. The molecule has 0 bridgehead atoms. The third-order valence-corrected chi connectivity index (χ3v) is 2.68. The fraction of sp³-hybridized carbons (Fsp3) is 0.667. The van der Waals surface area contributed by atoms with E-state index in [1.165, 1.54) is 31.3 Å². The normalized spacial score (nSPS) is 19.8. The van der Waals surface area contributed by atoms with Gasteiger partial charge in [0, 0.05) is 0 Å². The van der Waals surface area contributed by atoms with Crippen LogP contribution >= 0.6 is 0 Å². The molecule has 0 aromatic heterocycles. The van der Waals surface area contributed by atoms with Crippen LogP contribution in [0.25, 0.3) is 0 Å². The van der Waals surface area contributed by atoms with Crippen LogP contribution in [0.5, 0.6) is 0 Å². The molecular weight excluding hydrogens is 144 g/mol. The van der Waals surface area contributed by atoms with Crippen LogP contribution < -0.4 is 0 Å². The third kappa shape index (κ3) is 2.84. The highest BCUT2D eigenvalue weighted by atomic mass is 14.2. The van der Waals surface area contributed by atoms with Gasteiger partial charge in [0.25, 0.3) is 0 Å². The lowest BCUT2D eigenvalue weighted by Crippen LogP contribution is -1.93. The molecule has 0 amide bonds. The lowest BCUT2D eigenvalue weighted by molar-refractivity contribution is 0.642. The lowest BCUT2D eigenvalue weighted by atomic mass is 9.98. The molecule has 0 nitrogen and oxygen atoms in total. The largest absolute Gasteiger partial charge is 0.0764 e. The number of hydrogen-bond donors (Lipinski definition) is 0. The molecule has 1 aliphatic rings. The van der Waals surface area contributed by atoms with Crippen molar-refractivity contribution >= 4 is 0 Å². The van der Waals surface area contributed by atoms with Crippen molar-refractivity contribution in [1.29, 1.82) is 0 Å². The zero-order chi connectivity index (χ0) is 8.97. The van der Waals surface area contributed by atoms with Gasteiger partial charge in [-0.2, -0.15) is 0 Å². The molecule has 0 heteroatoms. The average Bonchev–Trinajstić information content (AvgIpc) is 2.51. The Balaban J connectivity index is 2.50. The molecule has 1 saturated carbocycles. The predicted octanol–water partition coefficient (Wildman–Crippen LogP) is 4.09. The smallest absolute Gasteiger partial charge is 0.0203 e. The first kappa shape index (κ1) is 9.57. The van der Waals surface area contributed by atoms with Crippen LogP contribution in [0.4, 0.5) is 0 Å². The van der Waals surface area contributed by atoms with E-state index >= 15 is 0 Å². The molecule has 0 heterocycles. The van der Waals surface area contributed by atoms with E-state index < -0.39 is 0 Å². The van der Waals surface area contributed by atoms with Gasteiger partial charge in [0.15, 0.2) is 0 Å². The summed E-state index contributed by atoms with van der Waals surface area (Å²) in [5.74, 6) is 0.889. The zero-order valence-corrected chi connectivity index (χ0v) is 8.56. The summed E-state index contributed by atoms with van der Waals surface area (Å²) >= 11 is 0. The SMILES string of the molecule is CC(C)=C/C=C(/C)C1CCCC1. The van der Waals surface area contributed by atoms with Crippen molar-refractivity contribution in [3.63, 3.8) is 0 Å². The molecule has 0 aliphatic heterocycles. The van der Waals surface area contributed by atoms with Crippen molar-refractivity contribution in [3.05, 3.63) is 23.3 Å². The van der Waals surface area contributed by atoms with E-state index in [9.17, 15) is 0 Å². The Morgan fingerprint density at radius 2 is 1.58 bits per heavy atom. The monoisotopic (exact) mass is 164 g/mol. The topological polar surface area (TPSA) is 0 Å². The van der Waals surface area contributed by atoms with Crippen molar-refractivity contribution in [2.24, 2.45) is 5.92 Å². The maximum Gasteiger partial charge on any atom is -0.0203 e. The molecule has 1 aliphatic carbocycles. The molecule has 12 heavy (non-hydrogen) atoms. The van der Waals surface area contributed by atoms with Gasteiger partial charge in [0.2, 0.25) is 0 Å². The lowest BCUT2D eigenvalue weighted by Gasteiger charge is -2.07. The molecule has 0 aromatic rings. The quantitative estimate of drug-likeness (QED) is 0.539. The molecule has 68 valence electrons. The maximum atomic E-state index is 2.30. The molecule has 0 unspecified atom stereocenters. The first-order chi connectivity index (χ1) is 5.70. The number of allylic oxidation sites excluding steroid dienone is 4. The van der Waals surface area contributed by atoms with Crippen LogP contribution in [-0.4, -0.2) is 0 Å². The minimum absolute atomic E-state index is 0.889. The summed E-state index contributed by atoms with van der Waals surface area (Å²) in [6, 6.07) is 0. The van der Waals surface area contributed by atoms with Gasteiger partial charge in [-0.1, -0.05) is 36.1 Å². The number of hydrogen-bond acceptors (Lipinski definition) is 0. The Morgan fingerprint density at radius 3 is 2.08 bits per heavy atom. The van der Waals surface area contributed by atoms with Crippen molar-refractivity contribution < 1.29 is 0 Å². The molecule has 0 radical (unpaired) electrons. The molecule has 0 spiro atoms. The fourth-order valence-corrected chi connectivity index (χ4v) is 1.82. The van der Waals surface area contributed by atoms with Crippen LogP contribution in [0.2, 0.25) is 0 Å². The zero-order valence-electron chi connectivity index (χ0n) is 8.56. The van der Waals surface area contributed by atoms with Gasteiger partial charge < -0.3 is 0 Å². The van der Waals surface area contributed by atoms with Gasteiger partial charge in [0.05, 0.1) is 0 Å². The Bertz CT molecular complexity index is 186.